The molecule has 0 spiro atoms. The van der Waals surface area contributed by atoms with Gasteiger partial charge in [0.2, 0.25) is 5.91 Å². The van der Waals surface area contributed by atoms with Crippen molar-refractivity contribution in [1.82, 2.24) is 30.2 Å². The fraction of sp³-hybridized carbons (Fsp3) is 0.500. The molecule has 3 aliphatic rings. The highest BCUT2D eigenvalue weighted by Crippen LogP contribution is 2.30. The third kappa shape index (κ3) is 5.68. The lowest BCUT2D eigenvalue weighted by Gasteiger charge is -2.30. The summed E-state index contributed by atoms with van der Waals surface area (Å²) < 4.78 is 1.59. The monoisotopic (exact) mass is 537 g/mol. The Morgan fingerprint density at radius 1 is 0.974 bits per heavy atom. The zero-order valence-corrected chi connectivity index (χ0v) is 21.8. The van der Waals surface area contributed by atoms with Gasteiger partial charge < -0.3 is 26.6 Å². The van der Waals surface area contributed by atoms with Gasteiger partial charge in [-0.2, -0.15) is 0 Å². The molecule has 38 heavy (non-hydrogen) atoms. The van der Waals surface area contributed by atoms with E-state index in [2.05, 4.69) is 36.6 Å². The van der Waals surface area contributed by atoms with Gasteiger partial charge in [-0.05, 0) is 70.0 Å². The molecule has 0 aromatic carbocycles. The molecule has 11 nitrogen and oxygen atoms in total. The molecule has 1 atom stereocenters. The fourth-order valence-corrected chi connectivity index (χ4v) is 5.40. The number of carbonyl (C=O) groups excluding carboxylic acids is 2. The lowest BCUT2D eigenvalue weighted by Crippen LogP contribution is -2.47. The van der Waals surface area contributed by atoms with Crippen molar-refractivity contribution in [1.29, 1.82) is 0 Å². The van der Waals surface area contributed by atoms with E-state index in [1.54, 1.807) is 16.6 Å². The van der Waals surface area contributed by atoms with E-state index in [-0.39, 0.29) is 29.9 Å². The van der Waals surface area contributed by atoms with Crippen LogP contribution >= 0.6 is 11.6 Å². The van der Waals surface area contributed by atoms with Crippen LogP contribution in [0.4, 0.5) is 17.2 Å². The topological polar surface area (TPSA) is 137 Å². The van der Waals surface area contributed by atoms with E-state index in [1.807, 2.05) is 6.07 Å². The first-order valence-electron chi connectivity index (χ1n) is 13.4. The molecule has 1 aliphatic heterocycles. The summed E-state index contributed by atoms with van der Waals surface area (Å²) in [4.78, 5) is 34.0. The average Bonchev–Trinajstić information content (AvgIpc) is 3.36. The van der Waals surface area contributed by atoms with Crippen molar-refractivity contribution in [3.8, 4) is 0 Å². The Balaban J connectivity index is 1.16. The lowest BCUT2D eigenvalue weighted by atomic mass is 9.91. The Labute approximate surface area is 225 Å². The number of anilines is 3. The van der Waals surface area contributed by atoms with Gasteiger partial charge in [0, 0.05) is 36.1 Å². The zero-order chi connectivity index (χ0) is 26.1. The molecule has 2 saturated carbocycles. The van der Waals surface area contributed by atoms with Crippen molar-refractivity contribution in [3.05, 3.63) is 41.4 Å². The molecular formula is C26H32ClN9O2. The molecule has 3 aromatic rings. The van der Waals surface area contributed by atoms with Gasteiger partial charge in [-0.3, -0.25) is 9.59 Å². The van der Waals surface area contributed by atoms with Crippen molar-refractivity contribution in [2.24, 2.45) is 0 Å². The highest BCUT2D eigenvalue weighted by atomic mass is 35.5. The highest BCUT2D eigenvalue weighted by molar-refractivity contribution is 6.29. The van der Waals surface area contributed by atoms with Crippen LogP contribution in [0.5, 0.6) is 0 Å². The van der Waals surface area contributed by atoms with Gasteiger partial charge in [0.15, 0.2) is 11.3 Å². The van der Waals surface area contributed by atoms with Gasteiger partial charge in [0.05, 0.1) is 17.9 Å². The molecule has 0 radical (unpaired) electrons. The molecule has 200 valence electrons. The van der Waals surface area contributed by atoms with Crippen LogP contribution in [0.3, 0.4) is 0 Å². The molecular weight excluding hydrogens is 506 g/mol. The van der Waals surface area contributed by atoms with E-state index < -0.39 is 0 Å². The van der Waals surface area contributed by atoms with Crippen LogP contribution in [-0.2, 0) is 4.79 Å². The van der Waals surface area contributed by atoms with Gasteiger partial charge >= 0.3 is 0 Å². The quantitative estimate of drug-likeness (QED) is 0.276. The Morgan fingerprint density at radius 2 is 1.74 bits per heavy atom. The van der Waals surface area contributed by atoms with Gasteiger partial charge in [0.1, 0.15) is 11.0 Å². The maximum absolute atomic E-state index is 13.1. The van der Waals surface area contributed by atoms with Crippen molar-refractivity contribution < 1.29 is 9.59 Å². The summed E-state index contributed by atoms with van der Waals surface area (Å²) in [6.45, 7) is 0.919. The number of nitrogens with one attached hydrogen (secondary N) is 5. The highest BCUT2D eigenvalue weighted by Gasteiger charge is 2.28. The maximum Gasteiger partial charge on any atom is 0.276 e. The van der Waals surface area contributed by atoms with Crippen LogP contribution in [0.1, 0.15) is 61.9 Å². The predicted molar refractivity (Wildman–Crippen MR) is 146 cm³/mol. The summed E-state index contributed by atoms with van der Waals surface area (Å²) in [5.74, 6) is 0.471. The molecule has 3 aromatic heterocycles. The summed E-state index contributed by atoms with van der Waals surface area (Å²) in [6.07, 6.45) is 11.0. The Morgan fingerprint density at radius 3 is 2.47 bits per heavy atom. The summed E-state index contributed by atoms with van der Waals surface area (Å²) in [7, 11) is 0. The average molecular weight is 538 g/mol. The van der Waals surface area contributed by atoms with Crippen LogP contribution in [0.2, 0.25) is 5.15 Å². The Kier molecular flexibility index (Phi) is 7.03. The first kappa shape index (κ1) is 24.9. The number of carbonyl (C=O) groups is 2. The third-order valence-electron chi connectivity index (χ3n) is 7.42. The number of hydrogen-bond acceptors (Lipinski definition) is 8. The number of imidazole rings is 1. The van der Waals surface area contributed by atoms with E-state index in [4.69, 9.17) is 16.7 Å². The van der Waals surface area contributed by atoms with E-state index in [0.29, 0.717) is 34.0 Å². The molecule has 12 heteroatoms. The number of aromatic nitrogens is 4. The number of amides is 2. The second-order valence-corrected chi connectivity index (χ2v) is 10.8. The smallest absolute Gasteiger partial charge is 0.276 e. The third-order valence-corrected chi connectivity index (χ3v) is 7.63. The van der Waals surface area contributed by atoms with Crippen LogP contribution in [-0.4, -0.2) is 62.1 Å². The van der Waals surface area contributed by atoms with E-state index in [0.717, 1.165) is 63.6 Å². The molecule has 3 fully saturated rings. The predicted octanol–water partition coefficient (Wildman–Crippen LogP) is 3.20. The van der Waals surface area contributed by atoms with Crippen LogP contribution in [0, 0.1) is 0 Å². The Hall–Kier alpha value is -3.44. The van der Waals surface area contributed by atoms with Crippen LogP contribution < -0.4 is 26.6 Å². The molecule has 2 amide bonds. The van der Waals surface area contributed by atoms with E-state index in [1.165, 1.54) is 12.4 Å². The van der Waals surface area contributed by atoms with E-state index >= 15 is 0 Å². The summed E-state index contributed by atoms with van der Waals surface area (Å²) in [5, 5.41) is 21.5. The SMILES string of the molecule is O=C(Nc1ccnc(Cl)c1)c1cnc2c(NC3CC3)cc(NC3CCC(NC(=O)[C@@H]4CCCN4)CC3)nn12. The normalized spacial score (nSPS) is 23.2. The number of hydrogen-bond donors (Lipinski definition) is 5. The minimum atomic E-state index is -0.338. The minimum Gasteiger partial charge on any atom is -0.379 e. The first-order valence-corrected chi connectivity index (χ1v) is 13.8. The Bertz CT molecular complexity index is 1330. The molecule has 0 unspecified atom stereocenters. The minimum absolute atomic E-state index is 0.0451. The number of halogens is 1. The zero-order valence-electron chi connectivity index (χ0n) is 21.0. The molecule has 2 aliphatic carbocycles. The van der Waals surface area contributed by atoms with Gasteiger partial charge in [-0.25, -0.2) is 14.5 Å². The number of rotatable bonds is 8. The van der Waals surface area contributed by atoms with Crippen molar-refractivity contribution in [2.75, 3.05) is 22.5 Å². The van der Waals surface area contributed by atoms with Gasteiger partial charge in [-0.15, -0.1) is 5.10 Å². The first-order chi connectivity index (χ1) is 18.5. The molecule has 0 bridgehead atoms. The largest absolute Gasteiger partial charge is 0.379 e. The fourth-order valence-electron chi connectivity index (χ4n) is 5.22. The number of pyridine rings is 1. The molecule has 6 rings (SSSR count). The summed E-state index contributed by atoms with van der Waals surface area (Å²) in [6, 6.07) is 6.04. The van der Waals surface area contributed by atoms with Gasteiger partial charge in [0.25, 0.3) is 5.91 Å². The van der Waals surface area contributed by atoms with Crippen LogP contribution in [0.25, 0.3) is 5.65 Å². The number of fused-ring (bicyclic) bond motifs is 1. The van der Waals surface area contributed by atoms with Crippen molar-refractivity contribution in [3.63, 3.8) is 0 Å². The van der Waals surface area contributed by atoms with Crippen LogP contribution in [0.15, 0.2) is 30.6 Å². The maximum atomic E-state index is 13.1. The van der Waals surface area contributed by atoms with Crippen molar-refractivity contribution in [2.45, 2.75) is 75.5 Å². The molecule has 1 saturated heterocycles. The standard InChI is InChI=1S/C26H32ClN9O2/c27-22-12-18(9-11-29-22)34-26(38)21-14-30-24-20(31-15-3-4-15)13-23(35-36(21)24)32-16-5-7-17(8-6-16)33-25(37)19-2-1-10-28-19/h9,11-17,19,28,31H,1-8,10H2,(H,32,35)(H,33,37)(H,29,34,38)/t16?,17?,19-/m0/s1. The van der Waals surface area contributed by atoms with Gasteiger partial charge in [-0.1, -0.05) is 11.6 Å². The van der Waals surface area contributed by atoms with E-state index in [9.17, 15) is 9.59 Å². The number of nitrogens with zero attached hydrogens (tertiary/aromatic N) is 4. The molecule has 4 heterocycles. The van der Waals surface area contributed by atoms with Crippen molar-refractivity contribution >= 4 is 46.3 Å². The second kappa shape index (κ2) is 10.7. The molecule has 5 N–H and O–H groups in total. The lowest BCUT2D eigenvalue weighted by molar-refractivity contribution is -0.123. The second-order valence-electron chi connectivity index (χ2n) is 10.4. The summed E-state index contributed by atoms with van der Waals surface area (Å²) >= 11 is 5.97. The summed E-state index contributed by atoms with van der Waals surface area (Å²) in [5.41, 5.74) is 2.32.